The van der Waals surface area contributed by atoms with E-state index in [0.29, 0.717) is 31.8 Å². The lowest BCUT2D eigenvalue weighted by Crippen LogP contribution is -2.55. The second-order valence-electron chi connectivity index (χ2n) is 6.50. The predicted molar refractivity (Wildman–Crippen MR) is 76.3 cm³/mol. The molecule has 0 saturated heterocycles. The zero-order valence-electron chi connectivity index (χ0n) is 11.9. The van der Waals surface area contributed by atoms with E-state index < -0.39 is 11.0 Å². The van der Waals surface area contributed by atoms with E-state index >= 15 is 0 Å². The fourth-order valence-electron chi connectivity index (χ4n) is 3.80. The lowest BCUT2D eigenvalue weighted by Gasteiger charge is -2.48. The van der Waals surface area contributed by atoms with Crippen LogP contribution in [0.1, 0.15) is 38.2 Å². The van der Waals surface area contributed by atoms with Crippen molar-refractivity contribution in [1.82, 2.24) is 0 Å². The highest BCUT2D eigenvalue weighted by Gasteiger charge is 2.54. The smallest absolute Gasteiger partial charge is 0.124 e. The third-order valence-corrected chi connectivity index (χ3v) is 5.02. The molecule has 0 amide bonds. The van der Waals surface area contributed by atoms with E-state index in [1.807, 2.05) is 24.3 Å². The van der Waals surface area contributed by atoms with Crippen LogP contribution in [0.25, 0.3) is 0 Å². The van der Waals surface area contributed by atoms with Gasteiger partial charge in [0, 0.05) is 6.42 Å². The number of nitriles is 1. The van der Waals surface area contributed by atoms with Gasteiger partial charge in [-0.3, -0.25) is 0 Å². The highest BCUT2D eigenvalue weighted by molar-refractivity contribution is 5.38. The van der Waals surface area contributed by atoms with E-state index in [1.54, 1.807) is 0 Å². The van der Waals surface area contributed by atoms with Gasteiger partial charge in [0.1, 0.15) is 17.8 Å². The number of aliphatic hydroxyl groups is 1. The van der Waals surface area contributed by atoms with Gasteiger partial charge in [-0.1, -0.05) is 38.0 Å². The van der Waals surface area contributed by atoms with Crippen molar-refractivity contribution >= 4 is 0 Å². The Balaban J connectivity index is 1.96. The van der Waals surface area contributed by atoms with E-state index in [9.17, 15) is 10.4 Å². The fourth-order valence-corrected chi connectivity index (χ4v) is 3.80. The van der Waals surface area contributed by atoms with Crippen molar-refractivity contribution in [2.45, 2.75) is 44.6 Å². The molecule has 1 saturated carbocycles. The maximum absolute atomic E-state index is 11.1. The molecule has 1 heterocycles. The van der Waals surface area contributed by atoms with E-state index in [4.69, 9.17) is 4.74 Å². The Labute approximate surface area is 120 Å². The average molecular weight is 271 g/mol. The third-order valence-electron chi connectivity index (χ3n) is 5.02. The maximum Gasteiger partial charge on any atom is 0.124 e. The summed E-state index contributed by atoms with van der Waals surface area (Å²) in [6.07, 6.45) is 4.12. The molecule has 0 spiro atoms. The largest absolute Gasteiger partial charge is 0.492 e. The van der Waals surface area contributed by atoms with Gasteiger partial charge in [-0.15, -0.1) is 0 Å². The minimum absolute atomic E-state index is 0.295. The standard InChI is InChI=1S/C17H21NO2/c1-13-5-4-8-17(19,9-13)16(11-18)10-14-6-2-3-7-15(14)20-12-16/h2-3,6-7,13,19H,4-5,8-10,12H2,1H3. The Hall–Kier alpha value is -1.53. The Kier molecular flexibility index (Phi) is 3.22. The number of hydrogen-bond acceptors (Lipinski definition) is 3. The van der Waals surface area contributed by atoms with Crippen LogP contribution in [0.3, 0.4) is 0 Å². The molecule has 0 bridgehead atoms. The van der Waals surface area contributed by atoms with Crippen LogP contribution in [0, 0.1) is 22.7 Å². The van der Waals surface area contributed by atoms with E-state index in [-0.39, 0.29) is 0 Å². The van der Waals surface area contributed by atoms with Crippen LogP contribution in [0.2, 0.25) is 0 Å². The Bertz CT molecular complexity index is 550. The first-order chi connectivity index (χ1) is 9.59. The van der Waals surface area contributed by atoms with Crippen LogP contribution >= 0.6 is 0 Å². The first kappa shape index (κ1) is 13.5. The normalized spacial score (nSPS) is 36.5. The molecule has 3 heteroatoms. The number of ether oxygens (including phenoxy) is 1. The first-order valence-electron chi connectivity index (χ1n) is 7.43. The SMILES string of the molecule is CC1CCCC(O)(C2(C#N)COc3ccccc3C2)C1. The van der Waals surface area contributed by atoms with Crippen molar-refractivity contribution in [3.05, 3.63) is 29.8 Å². The van der Waals surface area contributed by atoms with E-state index in [1.165, 1.54) is 0 Å². The Morgan fingerprint density at radius 2 is 2.20 bits per heavy atom. The predicted octanol–water partition coefficient (Wildman–Crippen LogP) is 3.07. The summed E-state index contributed by atoms with van der Waals surface area (Å²) in [5.41, 5.74) is -0.699. The van der Waals surface area contributed by atoms with Gasteiger partial charge in [-0.2, -0.15) is 5.26 Å². The molecule has 1 aliphatic carbocycles. The Morgan fingerprint density at radius 1 is 1.40 bits per heavy atom. The van der Waals surface area contributed by atoms with Gasteiger partial charge in [0.05, 0.1) is 11.7 Å². The molecule has 1 fully saturated rings. The summed E-state index contributed by atoms with van der Waals surface area (Å²) in [7, 11) is 0. The lowest BCUT2D eigenvalue weighted by molar-refractivity contribution is -0.113. The number of rotatable bonds is 1. The number of para-hydroxylation sites is 1. The van der Waals surface area contributed by atoms with Crippen molar-refractivity contribution in [3.63, 3.8) is 0 Å². The van der Waals surface area contributed by atoms with Crippen LogP contribution < -0.4 is 4.74 Å². The molecule has 20 heavy (non-hydrogen) atoms. The summed E-state index contributed by atoms with van der Waals surface area (Å²) < 4.78 is 5.80. The summed E-state index contributed by atoms with van der Waals surface area (Å²) in [5, 5.41) is 20.9. The number of hydrogen-bond donors (Lipinski definition) is 1. The van der Waals surface area contributed by atoms with Gasteiger partial charge in [-0.25, -0.2) is 0 Å². The van der Waals surface area contributed by atoms with E-state index in [0.717, 1.165) is 24.2 Å². The van der Waals surface area contributed by atoms with Crippen LogP contribution in [0.5, 0.6) is 5.75 Å². The highest BCUT2D eigenvalue weighted by Crippen LogP contribution is 2.49. The van der Waals surface area contributed by atoms with E-state index in [2.05, 4.69) is 13.0 Å². The third kappa shape index (κ3) is 1.99. The number of benzene rings is 1. The molecular formula is C17H21NO2. The molecule has 0 aromatic heterocycles. The van der Waals surface area contributed by atoms with Gasteiger partial charge in [0.15, 0.2) is 0 Å². The van der Waals surface area contributed by atoms with Crippen LogP contribution in [-0.2, 0) is 6.42 Å². The van der Waals surface area contributed by atoms with Gasteiger partial charge in [-0.05, 0) is 30.4 Å². The molecule has 3 nitrogen and oxygen atoms in total. The number of fused-ring (bicyclic) bond motifs is 1. The second kappa shape index (κ2) is 4.79. The molecule has 2 aliphatic rings. The van der Waals surface area contributed by atoms with Crippen molar-refractivity contribution in [2.24, 2.45) is 11.3 Å². The van der Waals surface area contributed by atoms with Gasteiger partial charge in [0.2, 0.25) is 0 Å². The second-order valence-corrected chi connectivity index (χ2v) is 6.50. The molecule has 1 aromatic rings. The molecule has 3 rings (SSSR count). The van der Waals surface area contributed by atoms with Gasteiger partial charge < -0.3 is 9.84 Å². The molecule has 1 aliphatic heterocycles. The Morgan fingerprint density at radius 3 is 2.95 bits per heavy atom. The highest BCUT2D eigenvalue weighted by atomic mass is 16.5. The minimum Gasteiger partial charge on any atom is -0.492 e. The van der Waals surface area contributed by atoms with Crippen LogP contribution in [0.15, 0.2) is 24.3 Å². The monoisotopic (exact) mass is 271 g/mol. The van der Waals surface area contributed by atoms with Crippen molar-refractivity contribution < 1.29 is 9.84 Å². The van der Waals surface area contributed by atoms with Crippen molar-refractivity contribution in [2.75, 3.05) is 6.61 Å². The fraction of sp³-hybridized carbons (Fsp3) is 0.588. The van der Waals surface area contributed by atoms with Crippen molar-refractivity contribution in [3.8, 4) is 11.8 Å². The summed E-state index contributed by atoms with van der Waals surface area (Å²) in [5.74, 6) is 1.32. The van der Waals surface area contributed by atoms with Crippen molar-refractivity contribution in [1.29, 1.82) is 5.26 Å². The summed E-state index contributed by atoms with van der Waals surface area (Å²) >= 11 is 0. The molecule has 1 N–H and O–H groups in total. The van der Waals surface area contributed by atoms with Gasteiger partial charge >= 0.3 is 0 Å². The molecule has 1 aromatic carbocycles. The zero-order chi connectivity index (χ0) is 14.2. The summed E-state index contributed by atoms with van der Waals surface area (Å²) in [4.78, 5) is 0. The maximum atomic E-state index is 11.1. The molecular weight excluding hydrogens is 250 g/mol. The quantitative estimate of drug-likeness (QED) is 0.854. The summed E-state index contributed by atoms with van der Waals surface area (Å²) in [6.45, 7) is 2.45. The molecule has 3 unspecified atom stereocenters. The number of nitrogens with zero attached hydrogens (tertiary/aromatic N) is 1. The molecule has 0 radical (unpaired) electrons. The molecule has 106 valence electrons. The zero-order valence-corrected chi connectivity index (χ0v) is 11.9. The topological polar surface area (TPSA) is 53.2 Å². The average Bonchev–Trinajstić information content (AvgIpc) is 2.46. The lowest BCUT2D eigenvalue weighted by atomic mass is 9.61. The van der Waals surface area contributed by atoms with Crippen LogP contribution in [-0.4, -0.2) is 17.3 Å². The summed E-state index contributed by atoms with van der Waals surface area (Å²) in [6, 6.07) is 10.2. The molecule has 3 atom stereocenters. The van der Waals surface area contributed by atoms with Crippen LogP contribution in [0.4, 0.5) is 0 Å². The minimum atomic E-state index is -0.924. The van der Waals surface area contributed by atoms with Gasteiger partial charge in [0.25, 0.3) is 0 Å². The first-order valence-corrected chi connectivity index (χ1v) is 7.43.